The second-order valence-corrected chi connectivity index (χ2v) is 6.09. The molecule has 1 aromatic carbocycles. The van der Waals surface area contributed by atoms with E-state index < -0.39 is 0 Å². The van der Waals surface area contributed by atoms with Crippen LogP contribution in [0.15, 0.2) is 53.7 Å². The molecule has 2 N–H and O–H groups in total. The Labute approximate surface area is 168 Å². The molecule has 0 spiro atoms. The molecule has 0 saturated heterocycles. The molecule has 0 aliphatic heterocycles. The van der Waals surface area contributed by atoms with Gasteiger partial charge in [0, 0.05) is 24.7 Å². The summed E-state index contributed by atoms with van der Waals surface area (Å²) in [5, 5.41) is 6.84. The third kappa shape index (κ3) is 6.65. The van der Waals surface area contributed by atoms with E-state index in [-0.39, 0.29) is 30.0 Å². The highest BCUT2D eigenvalue weighted by Gasteiger charge is 2.15. The lowest BCUT2D eigenvalue weighted by Gasteiger charge is -2.24. The molecular weight excluding hydrogens is 423 g/mol. The first kappa shape index (κ1) is 21.4. The Morgan fingerprint density at radius 2 is 1.84 bits per heavy atom. The number of rotatable bonds is 6. The van der Waals surface area contributed by atoms with E-state index in [1.165, 1.54) is 11.1 Å². The molecule has 0 amide bonds. The monoisotopic (exact) mass is 452 g/mol. The molecule has 2 rings (SSSR count). The number of aliphatic imine (C=N–C) groups is 1. The van der Waals surface area contributed by atoms with Crippen molar-refractivity contribution in [1.82, 2.24) is 15.6 Å². The predicted molar refractivity (Wildman–Crippen MR) is 117 cm³/mol. The Bertz CT molecular complexity index is 658. The lowest BCUT2D eigenvalue weighted by atomic mass is 9.94. The number of nitrogens with one attached hydrogen (secondary N) is 2. The van der Waals surface area contributed by atoms with Crippen molar-refractivity contribution in [3.63, 3.8) is 0 Å². The summed E-state index contributed by atoms with van der Waals surface area (Å²) in [6.45, 7) is 9.98. The number of halogens is 1. The number of benzene rings is 1. The Hall–Kier alpha value is -1.63. The van der Waals surface area contributed by atoms with Crippen LogP contribution in [0, 0.1) is 6.92 Å². The summed E-state index contributed by atoms with van der Waals surface area (Å²) in [6.07, 6.45) is 1.82. The van der Waals surface area contributed by atoms with E-state index in [1.54, 1.807) is 0 Å². The van der Waals surface area contributed by atoms with Gasteiger partial charge in [0.2, 0.25) is 0 Å². The van der Waals surface area contributed by atoms with Crippen LogP contribution in [0.2, 0.25) is 0 Å². The van der Waals surface area contributed by atoms with Gasteiger partial charge in [-0.3, -0.25) is 4.98 Å². The van der Waals surface area contributed by atoms with E-state index in [2.05, 4.69) is 79.7 Å². The first-order valence-corrected chi connectivity index (χ1v) is 8.62. The van der Waals surface area contributed by atoms with Gasteiger partial charge in [-0.1, -0.05) is 43.3 Å². The van der Waals surface area contributed by atoms with Crippen molar-refractivity contribution < 1.29 is 0 Å². The summed E-state index contributed by atoms with van der Waals surface area (Å²) >= 11 is 0. The Kier molecular flexibility index (Phi) is 9.49. The van der Waals surface area contributed by atoms with Gasteiger partial charge in [0.05, 0.1) is 12.2 Å². The molecule has 136 valence electrons. The van der Waals surface area contributed by atoms with Crippen molar-refractivity contribution >= 4 is 29.9 Å². The fourth-order valence-electron chi connectivity index (χ4n) is 2.54. The van der Waals surface area contributed by atoms with Crippen LogP contribution in [0.1, 0.15) is 43.5 Å². The van der Waals surface area contributed by atoms with Gasteiger partial charge in [-0.25, -0.2) is 4.99 Å². The maximum Gasteiger partial charge on any atom is 0.191 e. The maximum atomic E-state index is 4.69. The summed E-state index contributed by atoms with van der Waals surface area (Å²) in [5.41, 5.74) is 3.51. The van der Waals surface area contributed by atoms with E-state index in [4.69, 9.17) is 4.99 Å². The number of aryl methyl sites for hydroxylation is 1. The summed E-state index contributed by atoms with van der Waals surface area (Å²) in [4.78, 5) is 9.10. The first-order valence-electron chi connectivity index (χ1n) is 8.62. The second-order valence-electron chi connectivity index (χ2n) is 6.09. The Balaban J connectivity index is 0.00000312. The van der Waals surface area contributed by atoms with Crippen molar-refractivity contribution in [2.24, 2.45) is 4.99 Å². The Morgan fingerprint density at radius 3 is 2.48 bits per heavy atom. The Morgan fingerprint density at radius 1 is 1.12 bits per heavy atom. The van der Waals surface area contributed by atoms with E-state index in [9.17, 15) is 0 Å². The molecule has 0 saturated carbocycles. The minimum absolute atomic E-state index is 0. The molecule has 0 fully saturated rings. The topological polar surface area (TPSA) is 49.3 Å². The quantitative estimate of drug-likeness (QED) is 0.391. The van der Waals surface area contributed by atoms with E-state index in [0.29, 0.717) is 12.5 Å². The third-order valence-electron chi connectivity index (χ3n) is 4.29. The van der Waals surface area contributed by atoms with Gasteiger partial charge >= 0.3 is 0 Å². The minimum Gasteiger partial charge on any atom is -0.357 e. The van der Waals surface area contributed by atoms with Gasteiger partial charge in [0.15, 0.2) is 5.96 Å². The van der Waals surface area contributed by atoms with Crippen LogP contribution in [-0.2, 0) is 6.54 Å². The standard InChI is InChI=1S/C20H28N4.HI/c1-5-21-20(23-14-19-15(2)10-9-13-22-19)24-17(4)16(3)18-11-7-6-8-12-18;/h6-13,16-17H,5,14H2,1-4H3,(H2,21,23,24);1H. The van der Waals surface area contributed by atoms with Crippen LogP contribution in [0.25, 0.3) is 0 Å². The largest absolute Gasteiger partial charge is 0.357 e. The highest BCUT2D eigenvalue weighted by Crippen LogP contribution is 2.18. The third-order valence-corrected chi connectivity index (χ3v) is 4.29. The van der Waals surface area contributed by atoms with Crippen molar-refractivity contribution in [3.05, 3.63) is 65.5 Å². The number of guanidine groups is 1. The smallest absolute Gasteiger partial charge is 0.191 e. The number of pyridine rings is 1. The van der Waals surface area contributed by atoms with Crippen LogP contribution >= 0.6 is 24.0 Å². The molecule has 2 atom stereocenters. The maximum absolute atomic E-state index is 4.69. The van der Waals surface area contributed by atoms with Gasteiger partial charge in [-0.2, -0.15) is 0 Å². The van der Waals surface area contributed by atoms with E-state index in [1.807, 2.05) is 12.3 Å². The molecule has 1 aromatic heterocycles. The molecule has 0 radical (unpaired) electrons. The summed E-state index contributed by atoms with van der Waals surface area (Å²) in [7, 11) is 0. The zero-order valence-electron chi connectivity index (χ0n) is 15.5. The molecule has 2 aromatic rings. The summed E-state index contributed by atoms with van der Waals surface area (Å²) in [6, 6.07) is 14.9. The molecule has 0 aliphatic rings. The van der Waals surface area contributed by atoms with Crippen molar-refractivity contribution in [1.29, 1.82) is 0 Å². The fourth-order valence-corrected chi connectivity index (χ4v) is 2.54. The van der Waals surface area contributed by atoms with E-state index in [0.717, 1.165) is 18.2 Å². The lowest BCUT2D eigenvalue weighted by molar-refractivity contribution is 0.550. The van der Waals surface area contributed by atoms with Gasteiger partial charge in [0.1, 0.15) is 0 Å². The van der Waals surface area contributed by atoms with Crippen LogP contribution in [0.5, 0.6) is 0 Å². The molecule has 0 bridgehead atoms. The van der Waals surface area contributed by atoms with Gasteiger partial charge in [0.25, 0.3) is 0 Å². The highest BCUT2D eigenvalue weighted by molar-refractivity contribution is 14.0. The number of hydrogen-bond donors (Lipinski definition) is 2. The predicted octanol–water partition coefficient (Wildman–Crippen LogP) is 4.26. The average molecular weight is 452 g/mol. The molecule has 2 unspecified atom stereocenters. The van der Waals surface area contributed by atoms with Crippen molar-refractivity contribution in [3.8, 4) is 0 Å². The second kappa shape index (κ2) is 11.1. The first-order chi connectivity index (χ1) is 11.6. The zero-order valence-corrected chi connectivity index (χ0v) is 17.8. The minimum atomic E-state index is 0. The number of aromatic nitrogens is 1. The van der Waals surface area contributed by atoms with Gasteiger partial charge < -0.3 is 10.6 Å². The molecule has 5 heteroatoms. The summed E-state index contributed by atoms with van der Waals surface area (Å²) in [5.74, 6) is 1.23. The molecule has 0 aliphatic carbocycles. The van der Waals surface area contributed by atoms with E-state index >= 15 is 0 Å². The number of nitrogens with zero attached hydrogens (tertiary/aromatic N) is 2. The average Bonchev–Trinajstić information content (AvgIpc) is 2.61. The molecule has 25 heavy (non-hydrogen) atoms. The van der Waals surface area contributed by atoms with Crippen LogP contribution in [0.3, 0.4) is 0 Å². The number of hydrogen-bond acceptors (Lipinski definition) is 2. The van der Waals surface area contributed by atoms with Crippen LogP contribution < -0.4 is 10.6 Å². The fraction of sp³-hybridized carbons (Fsp3) is 0.400. The highest BCUT2D eigenvalue weighted by atomic mass is 127. The van der Waals surface area contributed by atoms with Crippen molar-refractivity contribution in [2.45, 2.75) is 46.2 Å². The summed E-state index contributed by atoms with van der Waals surface area (Å²) < 4.78 is 0. The van der Waals surface area contributed by atoms with Gasteiger partial charge in [-0.15, -0.1) is 24.0 Å². The van der Waals surface area contributed by atoms with Crippen LogP contribution in [0.4, 0.5) is 0 Å². The molecule has 1 heterocycles. The lowest BCUT2D eigenvalue weighted by Crippen LogP contribution is -2.44. The van der Waals surface area contributed by atoms with Crippen LogP contribution in [-0.4, -0.2) is 23.5 Å². The van der Waals surface area contributed by atoms with Gasteiger partial charge in [-0.05, 0) is 38.0 Å². The SMILES string of the molecule is CCNC(=NCc1ncccc1C)NC(C)C(C)c1ccccc1.I. The normalized spacial score (nSPS) is 13.5. The molecular formula is C20H29IN4. The zero-order chi connectivity index (χ0) is 17.4. The molecule has 4 nitrogen and oxygen atoms in total. The van der Waals surface area contributed by atoms with Crippen molar-refractivity contribution in [2.75, 3.05) is 6.54 Å².